The lowest BCUT2D eigenvalue weighted by Gasteiger charge is -2.07. The number of ketones is 1. The topological polar surface area (TPSA) is 88.1 Å². The van der Waals surface area contributed by atoms with Gasteiger partial charge in [-0.1, -0.05) is 0 Å². The summed E-state index contributed by atoms with van der Waals surface area (Å²) in [7, 11) is 0. The molecule has 2 rings (SSSR count). The first-order valence-electron chi connectivity index (χ1n) is 10.2. The Balaban J connectivity index is 1.84. The molecule has 0 aliphatic carbocycles. The molecule has 168 valence electrons. The molecule has 0 bridgehead atoms. The van der Waals surface area contributed by atoms with Gasteiger partial charge in [-0.3, -0.25) is 4.79 Å². The summed E-state index contributed by atoms with van der Waals surface area (Å²) in [5, 5.41) is 0. The average molecular weight is 438 g/mol. The van der Waals surface area contributed by atoms with Crippen molar-refractivity contribution < 1.29 is 33.3 Å². The highest BCUT2D eigenvalue weighted by atomic mass is 16.5. The van der Waals surface area contributed by atoms with Gasteiger partial charge in [0.25, 0.3) is 0 Å². The minimum absolute atomic E-state index is 0.132. The molecule has 7 heteroatoms. The van der Waals surface area contributed by atoms with Crippen LogP contribution in [0.4, 0.5) is 0 Å². The third-order valence-corrected chi connectivity index (χ3v) is 4.01. The predicted octanol–water partition coefficient (Wildman–Crippen LogP) is 3.91. The number of carbonyl (C=O) groups excluding carboxylic acids is 3. The summed E-state index contributed by atoms with van der Waals surface area (Å²) in [4.78, 5) is 35.1. The van der Waals surface area contributed by atoms with E-state index in [1.54, 1.807) is 74.5 Å². The zero-order valence-electron chi connectivity index (χ0n) is 18.1. The van der Waals surface area contributed by atoms with Crippen LogP contribution in [-0.2, 0) is 19.1 Å². The van der Waals surface area contributed by atoms with Gasteiger partial charge in [-0.2, -0.15) is 0 Å². The Hall–Kier alpha value is -3.87. The Morgan fingerprint density at radius 3 is 1.38 bits per heavy atom. The summed E-state index contributed by atoms with van der Waals surface area (Å²) in [6.45, 7) is 4.54. The maximum absolute atomic E-state index is 12.7. The van der Waals surface area contributed by atoms with E-state index in [9.17, 15) is 14.4 Å². The van der Waals surface area contributed by atoms with Crippen LogP contribution in [0, 0.1) is 0 Å². The zero-order chi connectivity index (χ0) is 23.2. The summed E-state index contributed by atoms with van der Waals surface area (Å²) < 4.78 is 20.6. The molecule has 0 amide bonds. The number of hydrogen-bond acceptors (Lipinski definition) is 7. The van der Waals surface area contributed by atoms with Gasteiger partial charge in [-0.15, -0.1) is 0 Å². The summed E-state index contributed by atoms with van der Waals surface area (Å²) in [5.41, 5.74) is 1.04. The summed E-state index contributed by atoms with van der Waals surface area (Å²) in [6.07, 6.45) is 5.75. The second kappa shape index (κ2) is 13.4. The molecule has 0 atom stereocenters. The molecule has 0 aliphatic heterocycles. The molecule has 0 fully saturated rings. The van der Waals surface area contributed by atoms with Crippen LogP contribution in [0.2, 0.25) is 0 Å². The first kappa shape index (κ1) is 24.4. The summed E-state index contributed by atoms with van der Waals surface area (Å²) in [5.74, 6) is 0.195. The van der Waals surface area contributed by atoms with Crippen molar-refractivity contribution in [2.24, 2.45) is 0 Å². The molecule has 0 aliphatic rings. The predicted molar refractivity (Wildman–Crippen MR) is 119 cm³/mol. The fraction of sp³-hybridized carbons (Fsp3) is 0.240. The van der Waals surface area contributed by atoms with Crippen LogP contribution < -0.4 is 9.47 Å². The van der Waals surface area contributed by atoms with Crippen molar-refractivity contribution in [1.82, 2.24) is 0 Å². The molecule has 2 aromatic rings. The van der Waals surface area contributed by atoms with Gasteiger partial charge in [0.1, 0.15) is 24.7 Å². The molecule has 32 heavy (non-hydrogen) atoms. The molecule has 0 saturated carbocycles. The number of esters is 2. The maximum atomic E-state index is 12.7. The Labute approximate surface area is 187 Å². The van der Waals surface area contributed by atoms with Crippen LogP contribution in [0.3, 0.4) is 0 Å². The number of rotatable bonds is 12. The molecule has 2 aromatic carbocycles. The first-order chi connectivity index (χ1) is 15.5. The van der Waals surface area contributed by atoms with Crippen molar-refractivity contribution in [3.8, 4) is 11.5 Å². The second-order valence-electron chi connectivity index (χ2n) is 6.31. The molecule has 0 heterocycles. The van der Waals surface area contributed by atoms with Crippen molar-refractivity contribution in [3.05, 3.63) is 84.0 Å². The van der Waals surface area contributed by atoms with Gasteiger partial charge in [0.15, 0.2) is 5.78 Å². The van der Waals surface area contributed by atoms with Crippen molar-refractivity contribution in [2.75, 3.05) is 26.4 Å². The largest absolute Gasteiger partial charge is 0.490 e. The van der Waals surface area contributed by atoms with Crippen LogP contribution in [-0.4, -0.2) is 44.1 Å². The monoisotopic (exact) mass is 438 g/mol. The Morgan fingerprint density at radius 2 is 1.03 bits per heavy atom. The third kappa shape index (κ3) is 8.47. The van der Waals surface area contributed by atoms with Gasteiger partial charge in [0, 0.05) is 23.3 Å². The molecule has 7 nitrogen and oxygen atoms in total. The van der Waals surface area contributed by atoms with Gasteiger partial charge >= 0.3 is 11.9 Å². The molecule has 0 spiro atoms. The van der Waals surface area contributed by atoms with Gasteiger partial charge < -0.3 is 18.9 Å². The van der Waals surface area contributed by atoms with Crippen LogP contribution in [0.1, 0.15) is 29.8 Å². The molecular formula is C25H26O7. The summed E-state index contributed by atoms with van der Waals surface area (Å²) >= 11 is 0. The molecule has 0 radical (unpaired) electrons. The van der Waals surface area contributed by atoms with Crippen LogP contribution in [0.5, 0.6) is 11.5 Å². The van der Waals surface area contributed by atoms with E-state index in [-0.39, 0.29) is 19.0 Å². The van der Waals surface area contributed by atoms with E-state index >= 15 is 0 Å². The first-order valence-corrected chi connectivity index (χ1v) is 10.2. The van der Waals surface area contributed by atoms with E-state index in [4.69, 9.17) is 18.9 Å². The van der Waals surface area contributed by atoms with Crippen LogP contribution in [0.25, 0.3) is 0 Å². The standard InChI is InChI=1S/C25H26O7/c1-3-29-23(26)7-5-17-31-21-13-9-19(10-14-21)25(28)20-11-15-22(16-12-20)32-18-6-8-24(27)30-4-2/h5-16H,3-4,17-18H2,1-2H3/b7-5+,8-6+. The molecular weight excluding hydrogens is 412 g/mol. The molecule has 0 N–H and O–H groups in total. The minimum atomic E-state index is -0.415. The lowest BCUT2D eigenvalue weighted by atomic mass is 10.0. The van der Waals surface area contributed by atoms with Crippen LogP contribution >= 0.6 is 0 Å². The van der Waals surface area contributed by atoms with E-state index in [1.165, 1.54) is 12.2 Å². The third-order valence-electron chi connectivity index (χ3n) is 4.01. The Bertz CT molecular complexity index is 864. The van der Waals surface area contributed by atoms with E-state index in [1.807, 2.05) is 0 Å². The van der Waals surface area contributed by atoms with Crippen LogP contribution in [0.15, 0.2) is 72.8 Å². The van der Waals surface area contributed by atoms with E-state index < -0.39 is 11.9 Å². The zero-order valence-corrected chi connectivity index (χ0v) is 18.1. The number of benzene rings is 2. The molecule has 0 unspecified atom stereocenters. The average Bonchev–Trinajstić information content (AvgIpc) is 2.80. The van der Waals surface area contributed by atoms with Crippen molar-refractivity contribution in [1.29, 1.82) is 0 Å². The van der Waals surface area contributed by atoms with E-state index in [2.05, 4.69) is 0 Å². The minimum Gasteiger partial charge on any atom is -0.490 e. The lowest BCUT2D eigenvalue weighted by molar-refractivity contribution is -0.138. The molecule has 0 aromatic heterocycles. The highest BCUT2D eigenvalue weighted by Crippen LogP contribution is 2.18. The van der Waals surface area contributed by atoms with Gasteiger partial charge in [-0.05, 0) is 74.5 Å². The van der Waals surface area contributed by atoms with E-state index in [0.29, 0.717) is 35.8 Å². The lowest BCUT2D eigenvalue weighted by Crippen LogP contribution is -2.03. The number of ether oxygens (including phenoxy) is 4. The van der Waals surface area contributed by atoms with E-state index in [0.717, 1.165) is 0 Å². The number of hydrogen-bond donors (Lipinski definition) is 0. The second-order valence-corrected chi connectivity index (χ2v) is 6.31. The fourth-order valence-corrected chi connectivity index (χ4v) is 2.53. The summed E-state index contributed by atoms with van der Waals surface area (Å²) in [6, 6.07) is 13.5. The van der Waals surface area contributed by atoms with Gasteiger partial charge in [-0.25, -0.2) is 9.59 Å². The van der Waals surface area contributed by atoms with Crippen molar-refractivity contribution in [3.63, 3.8) is 0 Å². The van der Waals surface area contributed by atoms with Gasteiger partial charge in [0.2, 0.25) is 0 Å². The van der Waals surface area contributed by atoms with Gasteiger partial charge in [0.05, 0.1) is 13.2 Å². The van der Waals surface area contributed by atoms with Crippen molar-refractivity contribution >= 4 is 17.7 Å². The molecule has 0 saturated heterocycles. The normalized spacial score (nSPS) is 10.8. The fourth-order valence-electron chi connectivity index (χ4n) is 2.53. The highest BCUT2D eigenvalue weighted by molar-refractivity contribution is 6.09. The number of carbonyl (C=O) groups is 3. The smallest absolute Gasteiger partial charge is 0.330 e. The quantitative estimate of drug-likeness (QED) is 0.282. The Kier molecular flexibility index (Phi) is 10.2. The Morgan fingerprint density at radius 1 is 0.656 bits per heavy atom. The SMILES string of the molecule is CCOC(=O)/C=C/COc1ccc(C(=O)c2ccc(OC/C=C/C(=O)OCC)cc2)cc1. The maximum Gasteiger partial charge on any atom is 0.330 e. The van der Waals surface area contributed by atoms with Crippen molar-refractivity contribution in [2.45, 2.75) is 13.8 Å². The highest BCUT2D eigenvalue weighted by Gasteiger charge is 2.09.